The van der Waals surface area contributed by atoms with Crippen LogP contribution in [0.15, 0.2) is 18.2 Å². The molecule has 0 radical (unpaired) electrons. The zero-order chi connectivity index (χ0) is 15.9. The summed E-state index contributed by atoms with van der Waals surface area (Å²) in [4.78, 5) is 12.7. The predicted molar refractivity (Wildman–Crippen MR) is 84.9 cm³/mol. The summed E-state index contributed by atoms with van der Waals surface area (Å²) in [5.41, 5.74) is 1.81. The van der Waals surface area contributed by atoms with Crippen molar-refractivity contribution >= 4 is 17.4 Å². The Bertz CT molecular complexity index is 643. The van der Waals surface area contributed by atoms with Crippen molar-refractivity contribution in [2.75, 3.05) is 20.8 Å². The molecule has 0 fully saturated rings. The smallest absolute Gasteiger partial charge is 0.264 e. The van der Waals surface area contributed by atoms with Crippen LogP contribution >= 0.6 is 11.5 Å². The number of ether oxygens (including phenoxy) is 2. The SMILES string of the molecule is CCc1nnsc1C(=O)NCCc1ccc(OC)c(OC)c1. The van der Waals surface area contributed by atoms with Crippen LogP contribution in [0.25, 0.3) is 0 Å². The summed E-state index contributed by atoms with van der Waals surface area (Å²) in [6.07, 6.45) is 1.41. The molecule has 0 bridgehead atoms. The number of methoxy groups -OCH3 is 2. The minimum absolute atomic E-state index is 0.118. The molecule has 1 N–H and O–H groups in total. The topological polar surface area (TPSA) is 73.3 Å². The Morgan fingerprint density at radius 2 is 2.05 bits per heavy atom. The fourth-order valence-corrected chi connectivity index (χ4v) is 2.72. The van der Waals surface area contributed by atoms with Gasteiger partial charge in [0.2, 0.25) is 0 Å². The predicted octanol–water partition coefficient (Wildman–Crippen LogP) is 2.09. The fourth-order valence-electron chi connectivity index (χ4n) is 2.05. The van der Waals surface area contributed by atoms with E-state index < -0.39 is 0 Å². The average Bonchev–Trinajstić information content (AvgIpc) is 3.03. The molecule has 1 amide bonds. The van der Waals surface area contributed by atoms with Crippen LogP contribution in [-0.4, -0.2) is 36.3 Å². The van der Waals surface area contributed by atoms with Gasteiger partial charge in [-0.2, -0.15) is 0 Å². The minimum Gasteiger partial charge on any atom is -0.493 e. The van der Waals surface area contributed by atoms with Crippen molar-refractivity contribution in [3.05, 3.63) is 34.3 Å². The van der Waals surface area contributed by atoms with Gasteiger partial charge >= 0.3 is 0 Å². The zero-order valence-corrected chi connectivity index (χ0v) is 13.7. The third-order valence-corrected chi connectivity index (χ3v) is 4.01. The molecule has 0 atom stereocenters. The van der Waals surface area contributed by atoms with Gasteiger partial charge in [0.25, 0.3) is 5.91 Å². The first-order valence-electron chi connectivity index (χ1n) is 6.99. The summed E-state index contributed by atoms with van der Waals surface area (Å²) in [5.74, 6) is 1.26. The van der Waals surface area contributed by atoms with Crippen LogP contribution in [0, 0.1) is 0 Å². The number of hydrogen-bond acceptors (Lipinski definition) is 6. The van der Waals surface area contributed by atoms with Gasteiger partial charge in [0.1, 0.15) is 4.88 Å². The first-order chi connectivity index (χ1) is 10.7. The highest BCUT2D eigenvalue weighted by Crippen LogP contribution is 2.27. The van der Waals surface area contributed by atoms with E-state index in [1.165, 1.54) is 0 Å². The van der Waals surface area contributed by atoms with Crippen molar-refractivity contribution in [3.8, 4) is 11.5 Å². The van der Waals surface area contributed by atoms with E-state index in [2.05, 4.69) is 14.9 Å². The van der Waals surface area contributed by atoms with Crippen LogP contribution in [0.1, 0.15) is 27.9 Å². The van der Waals surface area contributed by atoms with Gasteiger partial charge in [-0.25, -0.2) is 0 Å². The van der Waals surface area contributed by atoms with E-state index in [1.807, 2.05) is 25.1 Å². The molecule has 0 spiro atoms. The molecule has 0 aliphatic heterocycles. The van der Waals surface area contributed by atoms with Crippen molar-refractivity contribution in [3.63, 3.8) is 0 Å². The van der Waals surface area contributed by atoms with Crippen LogP contribution in [0.3, 0.4) is 0 Å². The summed E-state index contributed by atoms with van der Waals surface area (Å²) >= 11 is 1.13. The van der Waals surface area contributed by atoms with Gasteiger partial charge in [-0.1, -0.05) is 17.5 Å². The van der Waals surface area contributed by atoms with Crippen LogP contribution in [0.4, 0.5) is 0 Å². The molecule has 2 rings (SSSR count). The molecule has 1 aromatic carbocycles. The highest BCUT2D eigenvalue weighted by atomic mass is 32.1. The van der Waals surface area contributed by atoms with Crippen molar-refractivity contribution in [1.29, 1.82) is 0 Å². The van der Waals surface area contributed by atoms with Gasteiger partial charge < -0.3 is 14.8 Å². The summed E-state index contributed by atoms with van der Waals surface area (Å²) in [7, 11) is 3.21. The van der Waals surface area contributed by atoms with Gasteiger partial charge in [0.05, 0.1) is 19.9 Å². The highest BCUT2D eigenvalue weighted by molar-refractivity contribution is 7.08. The lowest BCUT2D eigenvalue weighted by molar-refractivity contribution is 0.0957. The van der Waals surface area contributed by atoms with Gasteiger partial charge in [-0.3, -0.25) is 4.79 Å². The quantitative estimate of drug-likeness (QED) is 0.845. The Kier molecular flexibility index (Phi) is 5.71. The minimum atomic E-state index is -0.118. The first kappa shape index (κ1) is 16.2. The fraction of sp³-hybridized carbons (Fsp3) is 0.400. The number of benzene rings is 1. The Hall–Kier alpha value is -2.15. The molecule has 22 heavy (non-hydrogen) atoms. The van der Waals surface area contributed by atoms with Crippen molar-refractivity contribution < 1.29 is 14.3 Å². The number of amides is 1. The summed E-state index contributed by atoms with van der Waals surface area (Å²) in [6.45, 7) is 2.49. The van der Waals surface area contributed by atoms with E-state index in [9.17, 15) is 4.79 Å². The van der Waals surface area contributed by atoms with Crippen LogP contribution in [0.2, 0.25) is 0 Å². The molecule has 0 saturated heterocycles. The van der Waals surface area contributed by atoms with Gasteiger partial charge in [-0.15, -0.1) is 5.10 Å². The normalized spacial score (nSPS) is 10.3. The highest BCUT2D eigenvalue weighted by Gasteiger charge is 2.14. The molecule has 6 nitrogen and oxygen atoms in total. The third-order valence-electron chi connectivity index (χ3n) is 3.24. The summed E-state index contributed by atoms with van der Waals surface area (Å²) in [6, 6.07) is 5.73. The second kappa shape index (κ2) is 7.74. The lowest BCUT2D eigenvalue weighted by Crippen LogP contribution is -2.25. The Morgan fingerprint density at radius 3 is 2.73 bits per heavy atom. The average molecular weight is 321 g/mol. The molecule has 1 aromatic heterocycles. The molecule has 0 aliphatic rings. The maximum Gasteiger partial charge on any atom is 0.264 e. The number of rotatable bonds is 7. The number of carbonyl (C=O) groups excluding carboxylic acids is 1. The Labute approximate surface area is 133 Å². The van der Waals surface area contributed by atoms with Gasteiger partial charge in [0, 0.05) is 6.54 Å². The molecule has 118 valence electrons. The zero-order valence-electron chi connectivity index (χ0n) is 12.9. The van der Waals surface area contributed by atoms with E-state index in [1.54, 1.807) is 14.2 Å². The van der Waals surface area contributed by atoms with E-state index in [-0.39, 0.29) is 5.91 Å². The summed E-state index contributed by atoms with van der Waals surface area (Å²) in [5, 5.41) is 6.83. The van der Waals surface area contributed by atoms with Gasteiger partial charge in [0.15, 0.2) is 11.5 Å². The number of carbonyl (C=O) groups is 1. The van der Waals surface area contributed by atoms with Crippen molar-refractivity contribution in [1.82, 2.24) is 14.9 Å². The molecule has 1 heterocycles. The van der Waals surface area contributed by atoms with E-state index in [0.29, 0.717) is 35.8 Å². The number of nitrogens with one attached hydrogen (secondary N) is 1. The molecular formula is C15H19N3O3S. The van der Waals surface area contributed by atoms with E-state index in [0.717, 1.165) is 22.8 Å². The monoisotopic (exact) mass is 321 g/mol. The number of aryl methyl sites for hydroxylation is 1. The maximum absolute atomic E-state index is 12.1. The van der Waals surface area contributed by atoms with Gasteiger partial charge in [-0.05, 0) is 42.1 Å². The van der Waals surface area contributed by atoms with E-state index >= 15 is 0 Å². The van der Waals surface area contributed by atoms with E-state index in [4.69, 9.17) is 9.47 Å². The molecule has 0 unspecified atom stereocenters. The largest absolute Gasteiger partial charge is 0.493 e. The molecule has 0 saturated carbocycles. The standard InChI is InChI=1S/C15H19N3O3S/c1-4-11-14(22-18-17-11)15(19)16-8-7-10-5-6-12(20-2)13(9-10)21-3/h5-6,9H,4,7-8H2,1-3H3,(H,16,19). The molecule has 7 heteroatoms. The second-order valence-electron chi connectivity index (χ2n) is 4.60. The Balaban J connectivity index is 1.92. The summed E-state index contributed by atoms with van der Waals surface area (Å²) < 4.78 is 14.3. The lowest BCUT2D eigenvalue weighted by atomic mass is 10.1. The van der Waals surface area contributed by atoms with Crippen LogP contribution in [0.5, 0.6) is 11.5 Å². The lowest BCUT2D eigenvalue weighted by Gasteiger charge is -2.10. The third kappa shape index (κ3) is 3.73. The molecular weight excluding hydrogens is 302 g/mol. The van der Waals surface area contributed by atoms with Crippen LogP contribution < -0.4 is 14.8 Å². The van der Waals surface area contributed by atoms with Crippen LogP contribution in [-0.2, 0) is 12.8 Å². The molecule has 2 aromatic rings. The maximum atomic E-state index is 12.1. The molecule has 0 aliphatic carbocycles. The number of aromatic nitrogens is 2. The van der Waals surface area contributed by atoms with Crippen molar-refractivity contribution in [2.45, 2.75) is 19.8 Å². The number of nitrogens with zero attached hydrogens (tertiary/aromatic N) is 2. The second-order valence-corrected chi connectivity index (χ2v) is 5.35. The Morgan fingerprint density at radius 1 is 1.27 bits per heavy atom. The van der Waals surface area contributed by atoms with Crippen molar-refractivity contribution in [2.24, 2.45) is 0 Å². The number of hydrogen-bond donors (Lipinski definition) is 1. The first-order valence-corrected chi connectivity index (χ1v) is 7.77.